The summed E-state index contributed by atoms with van der Waals surface area (Å²) in [4.78, 5) is 33.0. The lowest BCUT2D eigenvalue weighted by atomic mass is 10.1. The lowest BCUT2D eigenvalue weighted by molar-refractivity contribution is -0.122. The number of carbonyl (C=O) groups excluding carboxylic acids is 1. The number of benzene rings is 1. The quantitative estimate of drug-likeness (QED) is 0.442. The van der Waals surface area contributed by atoms with E-state index in [0.29, 0.717) is 36.4 Å². The molecule has 11 nitrogen and oxygen atoms in total. The van der Waals surface area contributed by atoms with Gasteiger partial charge in [-0.2, -0.15) is 5.21 Å². The number of methoxy groups -OCH3 is 1. The summed E-state index contributed by atoms with van der Waals surface area (Å²) in [5.74, 6) is 1.34. The molecule has 0 saturated carbocycles. The summed E-state index contributed by atoms with van der Waals surface area (Å²) in [5, 5.41) is 22.9. The van der Waals surface area contributed by atoms with Crippen LogP contribution in [0, 0.1) is 6.92 Å². The molecule has 31 heavy (non-hydrogen) atoms. The zero-order chi connectivity index (χ0) is 22.6. The number of rotatable bonds is 8. The van der Waals surface area contributed by atoms with Crippen LogP contribution in [0.4, 0.5) is 0 Å². The van der Waals surface area contributed by atoms with Crippen LogP contribution in [0.1, 0.15) is 33.1 Å². The summed E-state index contributed by atoms with van der Waals surface area (Å²) in [5.41, 5.74) is 1.06. The Morgan fingerprint density at radius 3 is 2.55 bits per heavy atom. The van der Waals surface area contributed by atoms with E-state index in [4.69, 9.17) is 19.1 Å². The number of hydrogen-bond donors (Lipinski definition) is 3. The first kappa shape index (κ1) is 23.3. The van der Waals surface area contributed by atoms with Gasteiger partial charge in [-0.3, -0.25) is 9.59 Å². The van der Waals surface area contributed by atoms with Crippen molar-refractivity contribution >= 4 is 12.4 Å². The van der Waals surface area contributed by atoms with Crippen LogP contribution in [0.15, 0.2) is 39.5 Å². The first-order chi connectivity index (χ1) is 15.0. The van der Waals surface area contributed by atoms with Crippen LogP contribution in [0.2, 0.25) is 0 Å². The number of carbonyl (C=O) groups is 2. The minimum Gasteiger partial charge on any atom is -0.497 e. The first-order valence-electron chi connectivity index (χ1n) is 9.33. The molecule has 0 fully saturated rings. The number of nitrogens with one attached hydrogen (secondary N) is 2. The molecule has 2 heterocycles. The number of ether oxygens (including phenoxy) is 1. The normalized spacial score (nSPS) is 10.0. The number of amides is 1. The predicted molar refractivity (Wildman–Crippen MR) is 109 cm³/mol. The second kappa shape index (κ2) is 11.9. The third-order valence-corrected chi connectivity index (χ3v) is 4.27. The van der Waals surface area contributed by atoms with E-state index in [1.54, 1.807) is 20.1 Å². The highest BCUT2D eigenvalue weighted by molar-refractivity contribution is 5.95. The monoisotopic (exact) mass is 429 g/mol. The molecule has 3 rings (SSSR count). The number of H-pyrrole nitrogens is 1. The Balaban J connectivity index is 0.00000107. The van der Waals surface area contributed by atoms with E-state index in [1.807, 2.05) is 24.3 Å². The Morgan fingerprint density at radius 2 is 1.97 bits per heavy atom. The number of nitrogens with zero attached hydrogens (tertiary/aromatic N) is 3. The topological polar surface area (TPSA) is 160 Å². The summed E-state index contributed by atoms with van der Waals surface area (Å²) >= 11 is 0. The summed E-state index contributed by atoms with van der Waals surface area (Å²) < 4.78 is 10.5. The van der Waals surface area contributed by atoms with Crippen LogP contribution in [-0.4, -0.2) is 51.8 Å². The fraction of sp³-hybridized carbons (Fsp3) is 0.300. The van der Waals surface area contributed by atoms with E-state index < -0.39 is 11.5 Å². The van der Waals surface area contributed by atoms with Crippen LogP contribution in [-0.2, 0) is 24.1 Å². The molecule has 0 spiro atoms. The van der Waals surface area contributed by atoms with Gasteiger partial charge in [0.05, 0.1) is 7.11 Å². The van der Waals surface area contributed by atoms with E-state index in [1.165, 1.54) is 0 Å². The van der Waals surface area contributed by atoms with E-state index in [2.05, 4.69) is 25.9 Å². The lowest BCUT2D eigenvalue weighted by Gasteiger charge is -2.08. The van der Waals surface area contributed by atoms with Gasteiger partial charge in [0, 0.05) is 19.4 Å². The van der Waals surface area contributed by atoms with Crippen molar-refractivity contribution in [1.82, 2.24) is 25.9 Å². The average molecular weight is 429 g/mol. The largest absolute Gasteiger partial charge is 0.497 e. The number of aromatic amines is 1. The van der Waals surface area contributed by atoms with Crippen LogP contribution in [0.3, 0.4) is 0 Å². The summed E-state index contributed by atoms with van der Waals surface area (Å²) in [6.07, 6.45) is 1.68. The van der Waals surface area contributed by atoms with Crippen molar-refractivity contribution in [3.63, 3.8) is 0 Å². The molecule has 0 unspecified atom stereocenters. The van der Waals surface area contributed by atoms with Crippen molar-refractivity contribution in [2.75, 3.05) is 13.7 Å². The Kier molecular flexibility index (Phi) is 8.90. The number of aromatic nitrogens is 4. The number of hydrogen-bond acceptors (Lipinski definition) is 8. The second-order valence-electron chi connectivity index (χ2n) is 6.35. The van der Waals surface area contributed by atoms with E-state index in [9.17, 15) is 9.59 Å². The molecule has 0 aliphatic carbocycles. The Bertz CT molecular complexity index is 1030. The minimum atomic E-state index is -0.637. The number of aryl methyl sites for hydroxylation is 3. The summed E-state index contributed by atoms with van der Waals surface area (Å²) in [7, 11) is 1.62. The van der Waals surface area contributed by atoms with Gasteiger partial charge in [-0.25, -0.2) is 4.79 Å². The molecule has 0 bridgehead atoms. The van der Waals surface area contributed by atoms with E-state index in [-0.39, 0.29) is 18.6 Å². The highest BCUT2D eigenvalue weighted by Gasteiger charge is 2.17. The van der Waals surface area contributed by atoms with Gasteiger partial charge in [0.15, 0.2) is 5.82 Å². The molecule has 0 aliphatic heterocycles. The highest BCUT2D eigenvalue weighted by Crippen LogP contribution is 2.14. The molecule has 3 aromatic rings. The van der Waals surface area contributed by atoms with E-state index >= 15 is 0 Å². The third-order valence-electron chi connectivity index (χ3n) is 4.27. The molecule has 0 radical (unpaired) electrons. The molecule has 0 atom stereocenters. The zero-order valence-electron chi connectivity index (χ0n) is 17.1. The Hall–Kier alpha value is -4.02. The fourth-order valence-corrected chi connectivity index (χ4v) is 2.79. The molecule has 3 N–H and O–H groups in total. The minimum absolute atomic E-state index is 0.0151. The molecular weight excluding hydrogens is 406 g/mol. The predicted octanol–water partition coefficient (Wildman–Crippen LogP) is 0.928. The molecule has 0 saturated heterocycles. The summed E-state index contributed by atoms with van der Waals surface area (Å²) in [6.45, 7) is 1.76. The summed E-state index contributed by atoms with van der Waals surface area (Å²) in [6, 6.07) is 9.45. The molecule has 1 amide bonds. The van der Waals surface area contributed by atoms with Gasteiger partial charge in [0.25, 0.3) is 12.4 Å². The smallest absolute Gasteiger partial charge is 0.349 e. The molecule has 164 valence electrons. The zero-order valence-corrected chi connectivity index (χ0v) is 17.1. The Morgan fingerprint density at radius 1 is 1.26 bits per heavy atom. The number of tetrazole rings is 1. The van der Waals surface area contributed by atoms with Crippen molar-refractivity contribution in [2.24, 2.45) is 0 Å². The maximum atomic E-state index is 12.3. The van der Waals surface area contributed by atoms with Crippen molar-refractivity contribution in [2.45, 2.75) is 26.2 Å². The molecule has 11 heteroatoms. The average Bonchev–Trinajstić information content (AvgIpc) is 3.26. The number of carboxylic acid groups (broad SMARTS) is 1. The molecule has 1 aromatic carbocycles. The van der Waals surface area contributed by atoms with Crippen molar-refractivity contribution in [3.05, 3.63) is 69.0 Å². The van der Waals surface area contributed by atoms with Crippen LogP contribution in [0.25, 0.3) is 0 Å². The van der Waals surface area contributed by atoms with Crippen molar-refractivity contribution < 1.29 is 23.8 Å². The van der Waals surface area contributed by atoms with Gasteiger partial charge in [0.2, 0.25) is 0 Å². The third kappa shape index (κ3) is 7.07. The maximum absolute atomic E-state index is 12.3. The van der Waals surface area contributed by atoms with Crippen LogP contribution >= 0.6 is 0 Å². The van der Waals surface area contributed by atoms with Gasteiger partial charge in [-0.15, -0.1) is 10.2 Å². The maximum Gasteiger partial charge on any atom is 0.349 e. The molecule has 2 aromatic heterocycles. The van der Waals surface area contributed by atoms with Gasteiger partial charge in [0.1, 0.15) is 17.1 Å². The van der Waals surface area contributed by atoms with Crippen LogP contribution in [0.5, 0.6) is 5.75 Å². The lowest BCUT2D eigenvalue weighted by Crippen LogP contribution is -2.31. The Labute approximate surface area is 177 Å². The van der Waals surface area contributed by atoms with Gasteiger partial charge < -0.3 is 19.6 Å². The van der Waals surface area contributed by atoms with Crippen LogP contribution < -0.4 is 15.7 Å². The highest BCUT2D eigenvalue weighted by atomic mass is 16.5. The first-order valence-corrected chi connectivity index (χ1v) is 9.33. The van der Waals surface area contributed by atoms with Gasteiger partial charge in [-0.05, 0) is 42.7 Å². The standard InChI is InChI=1S/C19H21N5O4.CH2O2/c1-12-11-15(8-5-13-3-6-14(27-2)7-4-13)28-19(26)17(12)18(25)20-10-9-16-21-23-24-22-16;2-1-3/h3-4,6-7,11H,5,8-10H2,1-2H3,(H,20,25)(H,21,22,23,24);1H,(H,2,3). The van der Waals surface area contributed by atoms with Crippen molar-refractivity contribution in [1.29, 1.82) is 0 Å². The van der Waals surface area contributed by atoms with Crippen molar-refractivity contribution in [3.8, 4) is 5.75 Å². The second-order valence-corrected chi connectivity index (χ2v) is 6.35. The molecular formula is C20H23N5O6. The SMILES string of the molecule is COc1ccc(CCc2cc(C)c(C(=O)NCCc3nn[nH]n3)c(=O)o2)cc1.O=CO. The van der Waals surface area contributed by atoms with E-state index in [0.717, 1.165) is 11.3 Å². The van der Waals surface area contributed by atoms with Gasteiger partial charge >= 0.3 is 5.63 Å². The fourth-order valence-electron chi connectivity index (χ4n) is 2.79. The van der Waals surface area contributed by atoms with Gasteiger partial charge in [-0.1, -0.05) is 17.3 Å². The molecule has 0 aliphatic rings.